The number of aromatic nitrogens is 2. The van der Waals surface area contributed by atoms with E-state index in [4.69, 9.17) is 0 Å². The minimum Gasteiger partial charge on any atom is -0.392 e. The minimum absolute atomic E-state index is 0.130. The zero-order valence-electron chi connectivity index (χ0n) is 14.6. The lowest BCUT2D eigenvalue weighted by Crippen LogP contribution is -2.55. The quantitative estimate of drug-likeness (QED) is 0.783. The molecule has 1 fully saturated rings. The second-order valence-corrected chi connectivity index (χ2v) is 6.70. The third-order valence-electron chi connectivity index (χ3n) is 4.31. The molecule has 2 atom stereocenters. The lowest BCUT2D eigenvalue weighted by atomic mass is 10.1. The molecular weight excluding hydrogens is 294 g/mol. The molecule has 2 heterocycles. The predicted octanol–water partition coefficient (Wildman–Crippen LogP) is -0.235. The first-order valence-electron chi connectivity index (χ1n) is 8.21. The first-order valence-corrected chi connectivity index (χ1v) is 8.21. The summed E-state index contributed by atoms with van der Waals surface area (Å²) in [6, 6.07) is 0.356. The summed E-state index contributed by atoms with van der Waals surface area (Å²) in [5.74, 6) is 0.130. The zero-order valence-corrected chi connectivity index (χ0v) is 14.6. The number of β-amino-alcohol motifs (C(OH)–C–C–N with tert-alkyl or cyclic N) is 1. The summed E-state index contributed by atoms with van der Waals surface area (Å²) in [4.78, 5) is 18.6. The lowest BCUT2D eigenvalue weighted by molar-refractivity contribution is -0.132. The van der Waals surface area contributed by atoms with Crippen LogP contribution in [-0.2, 0) is 18.4 Å². The molecule has 0 aliphatic carbocycles. The van der Waals surface area contributed by atoms with Crippen molar-refractivity contribution in [1.82, 2.24) is 24.5 Å². The van der Waals surface area contributed by atoms with Crippen LogP contribution in [0.3, 0.4) is 0 Å². The third-order valence-corrected chi connectivity index (χ3v) is 4.31. The fraction of sp³-hybridized carbons (Fsp3) is 0.750. The van der Waals surface area contributed by atoms with Gasteiger partial charge in [0.05, 0.1) is 18.8 Å². The maximum atomic E-state index is 12.4. The Morgan fingerprint density at radius 2 is 2.26 bits per heavy atom. The van der Waals surface area contributed by atoms with Crippen molar-refractivity contribution >= 4 is 5.91 Å². The molecule has 130 valence electrons. The average molecular weight is 323 g/mol. The summed E-state index contributed by atoms with van der Waals surface area (Å²) >= 11 is 0. The van der Waals surface area contributed by atoms with Crippen LogP contribution in [-0.4, -0.2) is 87.4 Å². The van der Waals surface area contributed by atoms with E-state index in [-0.39, 0.29) is 12.0 Å². The van der Waals surface area contributed by atoms with Gasteiger partial charge in [-0.2, -0.15) is 5.10 Å². The van der Waals surface area contributed by atoms with Crippen LogP contribution in [0.15, 0.2) is 12.4 Å². The van der Waals surface area contributed by atoms with Gasteiger partial charge in [0.15, 0.2) is 0 Å². The van der Waals surface area contributed by atoms with Crippen molar-refractivity contribution in [2.45, 2.75) is 32.5 Å². The van der Waals surface area contributed by atoms with Crippen LogP contribution in [0, 0.1) is 0 Å². The molecule has 23 heavy (non-hydrogen) atoms. The lowest BCUT2D eigenvalue weighted by Gasteiger charge is -2.40. The number of likely N-dealkylation sites (N-methyl/N-ethyl adjacent to an activating group) is 1. The van der Waals surface area contributed by atoms with Crippen molar-refractivity contribution in [2.24, 2.45) is 7.05 Å². The number of amides is 1. The summed E-state index contributed by atoms with van der Waals surface area (Å²) in [6.07, 6.45) is 3.41. The standard InChI is InChI=1S/C16H29N5O2/c1-13-8-20(5-6-21(13)9-14(2)22)12-16(23)18(3)10-15-7-17-19(4)11-15/h7,11,13-14,22H,5-6,8-10,12H2,1-4H3/t13-,14-/m0/s1. The normalized spacial score (nSPS) is 21.3. The number of aliphatic hydroxyl groups is 1. The van der Waals surface area contributed by atoms with Gasteiger partial charge in [-0.25, -0.2) is 0 Å². The Morgan fingerprint density at radius 3 is 2.83 bits per heavy atom. The van der Waals surface area contributed by atoms with Crippen molar-refractivity contribution in [1.29, 1.82) is 0 Å². The molecule has 1 amide bonds. The number of nitrogens with zero attached hydrogens (tertiary/aromatic N) is 5. The van der Waals surface area contributed by atoms with Crippen LogP contribution >= 0.6 is 0 Å². The Labute approximate surface area is 138 Å². The highest BCUT2D eigenvalue weighted by Crippen LogP contribution is 2.11. The van der Waals surface area contributed by atoms with E-state index in [1.807, 2.05) is 27.2 Å². The minimum atomic E-state index is -0.309. The van der Waals surface area contributed by atoms with Crippen LogP contribution in [0.4, 0.5) is 0 Å². The van der Waals surface area contributed by atoms with E-state index in [9.17, 15) is 9.90 Å². The molecule has 1 aromatic rings. The molecule has 7 nitrogen and oxygen atoms in total. The summed E-state index contributed by atoms with van der Waals surface area (Å²) < 4.78 is 1.75. The first-order chi connectivity index (χ1) is 10.8. The molecule has 1 aliphatic heterocycles. The number of carbonyl (C=O) groups excluding carboxylic acids is 1. The number of aliphatic hydroxyl groups excluding tert-OH is 1. The van der Waals surface area contributed by atoms with Gasteiger partial charge in [-0.3, -0.25) is 19.3 Å². The largest absolute Gasteiger partial charge is 0.392 e. The van der Waals surface area contributed by atoms with Gasteiger partial charge in [0, 0.05) is 64.6 Å². The smallest absolute Gasteiger partial charge is 0.236 e. The van der Waals surface area contributed by atoms with E-state index in [1.54, 1.807) is 15.8 Å². The zero-order chi connectivity index (χ0) is 17.0. The molecule has 7 heteroatoms. The Balaban J connectivity index is 1.79. The molecule has 0 unspecified atom stereocenters. The summed E-state index contributed by atoms with van der Waals surface area (Å²) in [5, 5.41) is 13.7. The van der Waals surface area contributed by atoms with Crippen molar-refractivity contribution in [3.63, 3.8) is 0 Å². The van der Waals surface area contributed by atoms with Crippen molar-refractivity contribution in [2.75, 3.05) is 39.8 Å². The van der Waals surface area contributed by atoms with Crippen molar-refractivity contribution in [3.8, 4) is 0 Å². The maximum Gasteiger partial charge on any atom is 0.236 e. The van der Waals surface area contributed by atoms with Crippen molar-refractivity contribution < 1.29 is 9.90 Å². The second kappa shape index (κ2) is 7.90. The second-order valence-electron chi connectivity index (χ2n) is 6.70. The van der Waals surface area contributed by atoms with Gasteiger partial charge in [0.1, 0.15) is 0 Å². The number of hydrogen-bond donors (Lipinski definition) is 1. The third kappa shape index (κ3) is 5.30. The highest BCUT2D eigenvalue weighted by atomic mass is 16.3. The van der Waals surface area contributed by atoms with E-state index in [1.165, 1.54) is 0 Å². The van der Waals surface area contributed by atoms with E-state index in [0.717, 1.165) is 25.2 Å². The molecule has 0 radical (unpaired) electrons. The fourth-order valence-corrected chi connectivity index (χ4v) is 3.05. The average Bonchev–Trinajstić information content (AvgIpc) is 2.86. The summed E-state index contributed by atoms with van der Waals surface area (Å²) in [7, 11) is 3.71. The van der Waals surface area contributed by atoms with E-state index >= 15 is 0 Å². The monoisotopic (exact) mass is 323 g/mol. The molecule has 1 aromatic heterocycles. The number of aryl methyl sites for hydroxylation is 1. The van der Waals surface area contributed by atoms with E-state index in [0.29, 0.717) is 25.7 Å². The Morgan fingerprint density at radius 1 is 1.52 bits per heavy atom. The Bertz CT molecular complexity index is 516. The van der Waals surface area contributed by atoms with Crippen LogP contribution in [0.5, 0.6) is 0 Å². The van der Waals surface area contributed by atoms with Crippen LogP contribution < -0.4 is 0 Å². The molecule has 0 saturated carbocycles. The molecule has 0 aromatic carbocycles. The topological polar surface area (TPSA) is 64.8 Å². The van der Waals surface area contributed by atoms with Gasteiger partial charge in [0.2, 0.25) is 5.91 Å². The van der Waals surface area contributed by atoms with Crippen LogP contribution in [0.2, 0.25) is 0 Å². The number of carbonyl (C=O) groups is 1. The van der Waals surface area contributed by atoms with Gasteiger partial charge in [-0.15, -0.1) is 0 Å². The number of hydrogen-bond acceptors (Lipinski definition) is 5. The highest BCUT2D eigenvalue weighted by molar-refractivity contribution is 5.78. The fourth-order valence-electron chi connectivity index (χ4n) is 3.05. The molecule has 0 bridgehead atoms. The summed E-state index contributed by atoms with van der Waals surface area (Å²) in [6.45, 7) is 8.32. The summed E-state index contributed by atoms with van der Waals surface area (Å²) in [5.41, 5.74) is 1.04. The molecular formula is C16H29N5O2. The highest BCUT2D eigenvalue weighted by Gasteiger charge is 2.26. The van der Waals surface area contributed by atoms with E-state index in [2.05, 4.69) is 21.8 Å². The Hall–Kier alpha value is -1.44. The van der Waals surface area contributed by atoms with Crippen LogP contribution in [0.25, 0.3) is 0 Å². The van der Waals surface area contributed by atoms with Gasteiger partial charge in [0.25, 0.3) is 0 Å². The molecule has 1 saturated heterocycles. The van der Waals surface area contributed by atoms with Crippen LogP contribution in [0.1, 0.15) is 19.4 Å². The predicted molar refractivity (Wildman–Crippen MR) is 88.8 cm³/mol. The molecule has 0 spiro atoms. The SMILES string of the molecule is C[C@H](O)CN1CCN(CC(=O)N(C)Cc2cnn(C)c2)C[C@@H]1C. The maximum absolute atomic E-state index is 12.4. The number of piperazine rings is 1. The number of rotatable bonds is 6. The molecule has 1 N–H and O–H groups in total. The van der Waals surface area contributed by atoms with Gasteiger partial charge in [-0.1, -0.05) is 0 Å². The van der Waals surface area contributed by atoms with Crippen molar-refractivity contribution in [3.05, 3.63) is 18.0 Å². The van der Waals surface area contributed by atoms with Gasteiger partial charge >= 0.3 is 0 Å². The molecule has 2 rings (SSSR count). The Kier molecular flexibility index (Phi) is 6.15. The van der Waals surface area contributed by atoms with Gasteiger partial charge in [-0.05, 0) is 13.8 Å². The van der Waals surface area contributed by atoms with E-state index < -0.39 is 0 Å². The molecule has 1 aliphatic rings. The first kappa shape index (κ1) is 17.9. The van der Waals surface area contributed by atoms with Gasteiger partial charge < -0.3 is 10.0 Å².